The maximum absolute atomic E-state index is 14.4. The Hall–Kier alpha value is -5.59. The van der Waals surface area contributed by atoms with Crippen molar-refractivity contribution in [3.8, 4) is 17.3 Å². The normalized spacial score (nSPS) is 20.8. The van der Waals surface area contributed by atoms with E-state index in [0.717, 1.165) is 53.0 Å². The number of fused-ring (bicyclic) bond motifs is 4. The average molecular weight is 760 g/mol. The number of rotatable bonds is 10. The lowest BCUT2D eigenvalue weighted by Gasteiger charge is -2.38. The van der Waals surface area contributed by atoms with Gasteiger partial charge in [-0.1, -0.05) is 30.3 Å². The molecule has 13 heteroatoms. The first-order valence-corrected chi connectivity index (χ1v) is 19.8. The van der Waals surface area contributed by atoms with Crippen LogP contribution in [0.15, 0.2) is 66.9 Å². The second-order valence-corrected chi connectivity index (χ2v) is 16.9. The SMILES string of the molecule is COc1cc(C(=O)N2C[C@H]3CC[C@@H]2[C@@H]3NC(=O)OC(C)(C)C)cc2nc(-c3cc4cccnc4n3CC3CC3)n(CC3CN(C(=O)OCc4ccccc4)C3)c12. The van der Waals surface area contributed by atoms with Crippen LogP contribution >= 0.6 is 0 Å². The van der Waals surface area contributed by atoms with Gasteiger partial charge in [0.15, 0.2) is 5.82 Å². The van der Waals surface area contributed by atoms with Crippen LogP contribution in [0.5, 0.6) is 5.75 Å². The molecule has 5 aromatic rings. The number of methoxy groups -OCH3 is 1. The number of nitrogens with zero attached hydrogens (tertiary/aromatic N) is 6. The standard InChI is InChI=1S/C43H49N7O6/c1-43(2,3)56-41(52)46-36-30-14-15-33(36)49(24-30)40(51)31-17-32-37(35(19-31)54-4)50(23-28-20-47(21-28)42(53)55-25-27-9-6-5-7-10-27)39(45-32)34-18-29-11-8-16-44-38(29)48(34)22-26-12-13-26/h5-11,16-19,26,28,30,33,36H,12-15,20-25H2,1-4H3,(H,46,52)/t30-,33-,36-/m1/s1. The monoisotopic (exact) mass is 759 g/mol. The van der Waals surface area contributed by atoms with E-state index in [1.54, 1.807) is 12.0 Å². The summed E-state index contributed by atoms with van der Waals surface area (Å²) in [4.78, 5) is 53.8. The Kier molecular flexibility index (Phi) is 9.13. The number of amides is 3. The second kappa shape index (κ2) is 14.2. The van der Waals surface area contributed by atoms with Crippen LogP contribution in [0.1, 0.15) is 62.4 Å². The highest BCUT2D eigenvalue weighted by Gasteiger charge is 2.50. The Bertz CT molecular complexity index is 2300. The van der Waals surface area contributed by atoms with Crippen LogP contribution in [-0.4, -0.2) is 91.4 Å². The molecule has 2 saturated heterocycles. The molecule has 9 rings (SSSR count). The van der Waals surface area contributed by atoms with Gasteiger partial charge in [-0.2, -0.15) is 0 Å². The Labute approximate surface area is 325 Å². The summed E-state index contributed by atoms with van der Waals surface area (Å²) in [6, 6.07) is 19.3. The lowest BCUT2D eigenvalue weighted by molar-refractivity contribution is 0.0450. The lowest BCUT2D eigenvalue weighted by Crippen LogP contribution is -2.51. The first-order valence-electron chi connectivity index (χ1n) is 19.8. The van der Waals surface area contributed by atoms with Crippen molar-refractivity contribution >= 4 is 40.2 Å². The summed E-state index contributed by atoms with van der Waals surface area (Å²) in [6.45, 7) is 8.86. The molecule has 2 bridgehead atoms. The number of hydrogen-bond acceptors (Lipinski definition) is 8. The minimum Gasteiger partial charge on any atom is -0.494 e. The zero-order chi connectivity index (χ0) is 38.7. The third kappa shape index (κ3) is 6.92. The summed E-state index contributed by atoms with van der Waals surface area (Å²) in [7, 11) is 1.63. The highest BCUT2D eigenvalue weighted by molar-refractivity contribution is 6.00. The maximum atomic E-state index is 14.4. The molecule has 4 fully saturated rings. The van der Waals surface area contributed by atoms with Crippen molar-refractivity contribution in [3.63, 3.8) is 0 Å². The summed E-state index contributed by atoms with van der Waals surface area (Å²) >= 11 is 0. The number of alkyl carbamates (subject to hydrolysis) is 1. The second-order valence-electron chi connectivity index (χ2n) is 16.9. The summed E-state index contributed by atoms with van der Waals surface area (Å²) in [6.07, 6.45) is 5.18. The van der Waals surface area contributed by atoms with Crippen LogP contribution in [-0.2, 0) is 29.2 Å². The molecule has 0 unspecified atom stereocenters. The van der Waals surface area contributed by atoms with Crippen molar-refractivity contribution in [2.24, 2.45) is 17.8 Å². The molecule has 2 aliphatic carbocycles. The van der Waals surface area contributed by atoms with Crippen LogP contribution in [0.4, 0.5) is 9.59 Å². The van der Waals surface area contributed by atoms with Crippen molar-refractivity contribution in [2.45, 2.75) is 83.8 Å². The third-order valence-corrected chi connectivity index (χ3v) is 11.7. The first kappa shape index (κ1) is 36.1. The van der Waals surface area contributed by atoms with Crippen molar-refractivity contribution in [2.75, 3.05) is 26.7 Å². The van der Waals surface area contributed by atoms with E-state index in [9.17, 15) is 14.4 Å². The van der Waals surface area contributed by atoms with E-state index >= 15 is 0 Å². The van der Waals surface area contributed by atoms with Crippen molar-refractivity contribution in [1.82, 2.24) is 34.2 Å². The maximum Gasteiger partial charge on any atom is 0.410 e. The molecule has 5 heterocycles. The van der Waals surface area contributed by atoms with Crippen molar-refractivity contribution in [3.05, 3.63) is 78.0 Å². The number of carbonyl (C=O) groups is 3. The highest BCUT2D eigenvalue weighted by atomic mass is 16.6. The Morgan fingerprint density at radius 3 is 2.43 bits per heavy atom. The molecule has 3 atom stereocenters. The van der Waals surface area contributed by atoms with E-state index in [2.05, 4.69) is 26.6 Å². The van der Waals surface area contributed by atoms with Gasteiger partial charge in [-0.3, -0.25) is 4.79 Å². The molecular formula is C43H49N7O6. The molecule has 4 aliphatic rings. The number of nitrogens with one attached hydrogen (secondary N) is 1. The van der Waals surface area contributed by atoms with Gasteiger partial charge in [0, 0.05) is 55.8 Å². The van der Waals surface area contributed by atoms with Gasteiger partial charge < -0.3 is 38.5 Å². The van der Waals surface area contributed by atoms with E-state index in [4.69, 9.17) is 24.2 Å². The summed E-state index contributed by atoms with van der Waals surface area (Å²) in [5.41, 5.74) is 4.17. The largest absolute Gasteiger partial charge is 0.494 e. The smallest absolute Gasteiger partial charge is 0.410 e. The van der Waals surface area contributed by atoms with Crippen LogP contribution in [0.2, 0.25) is 0 Å². The molecule has 1 N–H and O–H groups in total. The minimum absolute atomic E-state index is 0.111. The number of benzene rings is 2. The first-order chi connectivity index (χ1) is 27.0. The Balaban J connectivity index is 1.03. The van der Waals surface area contributed by atoms with Crippen molar-refractivity contribution in [1.29, 1.82) is 0 Å². The third-order valence-electron chi connectivity index (χ3n) is 11.7. The molecule has 0 radical (unpaired) electrons. The van der Waals surface area contributed by atoms with Crippen LogP contribution in [0.3, 0.4) is 0 Å². The number of piperidine rings is 1. The molecule has 2 saturated carbocycles. The topological polar surface area (TPSA) is 133 Å². The number of likely N-dealkylation sites (tertiary alicyclic amines) is 2. The van der Waals surface area contributed by atoms with Gasteiger partial charge in [-0.15, -0.1) is 0 Å². The number of carbonyl (C=O) groups excluding carboxylic acids is 3. The van der Waals surface area contributed by atoms with Gasteiger partial charge in [0.25, 0.3) is 5.91 Å². The molecule has 0 spiro atoms. The quantitative estimate of drug-likeness (QED) is 0.163. The molecule has 56 heavy (non-hydrogen) atoms. The van der Waals surface area contributed by atoms with Gasteiger partial charge in [-0.05, 0) is 94.2 Å². The minimum atomic E-state index is -0.610. The van der Waals surface area contributed by atoms with Gasteiger partial charge in [0.05, 0.1) is 30.4 Å². The Morgan fingerprint density at radius 2 is 1.68 bits per heavy atom. The van der Waals surface area contributed by atoms with Crippen LogP contribution in [0, 0.1) is 17.8 Å². The molecule has 3 aromatic heterocycles. The highest BCUT2D eigenvalue weighted by Crippen LogP contribution is 2.42. The number of pyridine rings is 1. The number of aromatic nitrogens is 4. The predicted molar refractivity (Wildman–Crippen MR) is 210 cm³/mol. The van der Waals surface area contributed by atoms with Gasteiger partial charge in [-0.25, -0.2) is 19.6 Å². The predicted octanol–water partition coefficient (Wildman–Crippen LogP) is 6.87. The molecule has 13 nitrogen and oxygen atoms in total. The van der Waals surface area contributed by atoms with Gasteiger partial charge in [0.2, 0.25) is 0 Å². The molecule has 292 valence electrons. The summed E-state index contributed by atoms with van der Waals surface area (Å²) in [5.74, 6) is 2.12. The van der Waals surface area contributed by atoms with Crippen LogP contribution < -0.4 is 10.1 Å². The fraction of sp³-hybridized carbons (Fsp3) is 0.465. The fourth-order valence-corrected chi connectivity index (χ4v) is 8.86. The van der Waals surface area contributed by atoms with E-state index in [1.807, 2.05) is 80.4 Å². The zero-order valence-electron chi connectivity index (χ0n) is 32.4. The molecule has 2 aromatic carbocycles. The lowest BCUT2D eigenvalue weighted by atomic mass is 10.0. The van der Waals surface area contributed by atoms with E-state index in [0.29, 0.717) is 48.9 Å². The van der Waals surface area contributed by atoms with E-state index in [-0.39, 0.29) is 42.5 Å². The van der Waals surface area contributed by atoms with Crippen molar-refractivity contribution < 1.29 is 28.6 Å². The molecular weight excluding hydrogens is 711 g/mol. The Morgan fingerprint density at radius 1 is 0.893 bits per heavy atom. The summed E-state index contributed by atoms with van der Waals surface area (Å²) in [5, 5.41) is 4.11. The fourth-order valence-electron chi connectivity index (χ4n) is 8.86. The summed E-state index contributed by atoms with van der Waals surface area (Å²) < 4.78 is 21.7. The zero-order valence-corrected chi connectivity index (χ0v) is 32.4. The number of imidazole rings is 1. The molecule has 2 aliphatic heterocycles. The van der Waals surface area contributed by atoms with E-state index < -0.39 is 11.7 Å². The van der Waals surface area contributed by atoms with E-state index in [1.165, 1.54) is 12.8 Å². The van der Waals surface area contributed by atoms with Gasteiger partial charge >= 0.3 is 12.2 Å². The number of ether oxygens (including phenoxy) is 3. The van der Waals surface area contributed by atoms with Crippen LogP contribution in [0.25, 0.3) is 33.6 Å². The van der Waals surface area contributed by atoms with Gasteiger partial charge in [0.1, 0.15) is 29.1 Å². The average Bonchev–Trinajstić information content (AvgIpc) is 3.47. The number of hydrogen-bond donors (Lipinski definition) is 1. The molecule has 3 amide bonds.